The molecule has 2 aromatic carbocycles. The average molecular weight is 306 g/mol. The molecule has 1 atom stereocenters. The zero-order valence-electron chi connectivity index (χ0n) is 14.4. The quantitative estimate of drug-likeness (QED) is 0.727. The molecule has 120 valence electrons. The van der Waals surface area contributed by atoms with E-state index in [0.717, 1.165) is 6.42 Å². The summed E-state index contributed by atoms with van der Waals surface area (Å²) in [6, 6.07) is 21.2. The van der Waals surface area contributed by atoms with Crippen molar-refractivity contribution in [3.63, 3.8) is 0 Å². The summed E-state index contributed by atoms with van der Waals surface area (Å²) in [6.45, 7) is 6.78. The van der Waals surface area contributed by atoms with Crippen LogP contribution in [-0.4, -0.2) is 5.78 Å². The molecule has 0 heterocycles. The SMILES string of the molecule is CC(C)(C)C1CC(=O)CC(c2ccccc2)(c2ccccc2)C1. The Morgan fingerprint density at radius 1 is 0.870 bits per heavy atom. The van der Waals surface area contributed by atoms with E-state index in [1.54, 1.807) is 0 Å². The molecule has 1 nitrogen and oxygen atoms in total. The maximum atomic E-state index is 12.7. The normalized spacial score (nSPS) is 21.2. The Kier molecular flexibility index (Phi) is 4.14. The third kappa shape index (κ3) is 3.10. The molecule has 0 bridgehead atoms. The van der Waals surface area contributed by atoms with Crippen molar-refractivity contribution in [3.8, 4) is 0 Å². The highest BCUT2D eigenvalue weighted by atomic mass is 16.1. The van der Waals surface area contributed by atoms with E-state index in [9.17, 15) is 4.79 Å². The van der Waals surface area contributed by atoms with Gasteiger partial charge >= 0.3 is 0 Å². The molecule has 0 aliphatic heterocycles. The molecular formula is C22H26O. The summed E-state index contributed by atoms with van der Waals surface area (Å²) < 4.78 is 0. The van der Waals surface area contributed by atoms with Crippen LogP contribution in [0.5, 0.6) is 0 Å². The van der Waals surface area contributed by atoms with Crippen LogP contribution in [0.3, 0.4) is 0 Å². The molecule has 1 unspecified atom stereocenters. The number of carbonyl (C=O) groups excluding carboxylic acids is 1. The summed E-state index contributed by atoms with van der Waals surface area (Å²) in [4.78, 5) is 12.7. The summed E-state index contributed by atoms with van der Waals surface area (Å²) >= 11 is 0. The van der Waals surface area contributed by atoms with Gasteiger partial charge < -0.3 is 0 Å². The molecule has 0 saturated heterocycles. The first-order valence-electron chi connectivity index (χ1n) is 8.54. The molecule has 1 aliphatic carbocycles. The van der Waals surface area contributed by atoms with Gasteiger partial charge in [-0.3, -0.25) is 4.79 Å². The smallest absolute Gasteiger partial charge is 0.134 e. The fourth-order valence-corrected chi connectivity index (χ4v) is 3.98. The van der Waals surface area contributed by atoms with Crippen molar-refractivity contribution >= 4 is 5.78 Å². The van der Waals surface area contributed by atoms with Crippen molar-refractivity contribution in [2.24, 2.45) is 11.3 Å². The molecule has 1 heteroatoms. The Morgan fingerprint density at radius 2 is 1.35 bits per heavy atom. The third-order valence-corrected chi connectivity index (χ3v) is 5.45. The predicted molar refractivity (Wildman–Crippen MR) is 95.5 cm³/mol. The van der Waals surface area contributed by atoms with E-state index < -0.39 is 0 Å². The van der Waals surface area contributed by atoms with Crippen LogP contribution in [0, 0.1) is 11.3 Å². The van der Waals surface area contributed by atoms with Crippen LogP contribution in [0.25, 0.3) is 0 Å². The second kappa shape index (κ2) is 5.96. The zero-order chi connectivity index (χ0) is 16.5. The molecule has 0 amide bonds. The molecule has 1 saturated carbocycles. The first kappa shape index (κ1) is 16.0. The number of rotatable bonds is 2. The maximum absolute atomic E-state index is 12.7. The second-order valence-corrected chi connectivity index (χ2v) is 8.00. The van der Waals surface area contributed by atoms with Gasteiger partial charge in [-0.1, -0.05) is 81.4 Å². The van der Waals surface area contributed by atoms with Gasteiger partial charge in [-0.25, -0.2) is 0 Å². The molecule has 1 fully saturated rings. The fraction of sp³-hybridized carbons (Fsp3) is 0.409. The Labute approximate surface area is 139 Å². The second-order valence-electron chi connectivity index (χ2n) is 8.00. The highest BCUT2D eigenvalue weighted by Crippen LogP contribution is 2.50. The van der Waals surface area contributed by atoms with E-state index in [-0.39, 0.29) is 10.8 Å². The largest absolute Gasteiger partial charge is 0.300 e. The van der Waals surface area contributed by atoms with Crippen LogP contribution in [0.4, 0.5) is 0 Å². The Hall–Kier alpha value is -1.89. The minimum atomic E-state index is -0.185. The predicted octanol–water partition coefficient (Wildman–Crippen LogP) is 5.39. The van der Waals surface area contributed by atoms with Crippen LogP contribution in [0.2, 0.25) is 0 Å². The monoisotopic (exact) mass is 306 g/mol. The standard InChI is InChI=1S/C22H26O/c1-21(2,3)19-14-20(23)16-22(15-19,17-10-6-4-7-11-17)18-12-8-5-9-13-18/h4-13,19H,14-16H2,1-3H3. The van der Waals surface area contributed by atoms with E-state index in [1.165, 1.54) is 11.1 Å². The van der Waals surface area contributed by atoms with Gasteiger partial charge in [0.15, 0.2) is 0 Å². The zero-order valence-corrected chi connectivity index (χ0v) is 14.4. The third-order valence-electron chi connectivity index (χ3n) is 5.45. The van der Waals surface area contributed by atoms with Crippen molar-refractivity contribution in [3.05, 3.63) is 71.8 Å². The molecule has 1 aliphatic rings. The Morgan fingerprint density at radius 3 is 1.78 bits per heavy atom. The Bertz CT molecular complexity index is 625. The number of hydrogen-bond acceptors (Lipinski definition) is 1. The lowest BCUT2D eigenvalue weighted by Crippen LogP contribution is -2.42. The van der Waals surface area contributed by atoms with Crippen LogP contribution >= 0.6 is 0 Å². The highest BCUT2D eigenvalue weighted by molar-refractivity contribution is 5.82. The van der Waals surface area contributed by atoms with Gasteiger partial charge in [-0.2, -0.15) is 0 Å². The van der Waals surface area contributed by atoms with E-state index in [0.29, 0.717) is 24.5 Å². The number of benzene rings is 2. The van der Waals surface area contributed by atoms with Crippen molar-refractivity contribution in [2.45, 2.75) is 45.4 Å². The number of carbonyl (C=O) groups is 1. The minimum Gasteiger partial charge on any atom is -0.300 e. The van der Waals surface area contributed by atoms with Gasteiger partial charge in [-0.15, -0.1) is 0 Å². The van der Waals surface area contributed by atoms with Crippen LogP contribution in [0.15, 0.2) is 60.7 Å². The van der Waals surface area contributed by atoms with Gasteiger partial charge in [0.2, 0.25) is 0 Å². The summed E-state index contributed by atoms with van der Waals surface area (Å²) in [5.41, 5.74) is 2.50. The summed E-state index contributed by atoms with van der Waals surface area (Å²) in [7, 11) is 0. The summed E-state index contributed by atoms with van der Waals surface area (Å²) in [6.07, 6.45) is 2.37. The Balaban J connectivity index is 2.15. The lowest BCUT2D eigenvalue weighted by atomic mass is 9.57. The van der Waals surface area contributed by atoms with Crippen molar-refractivity contribution in [1.29, 1.82) is 0 Å². The maximum Gasteiger partial charge on any atom is 0.134 e. The van der Waals surface area contributed by atoms with Gasteiger partial charge in [0.05, 0.1) is 0 Å². The topological polar surface area (TPSA) is 17.1 Å². The van der Waals surface area contributed by atoms with Crippen molar-refractivity contribution < 1.29 is 4.79 Å². The molecule has 23 heavy (non-hydrogen) atoms. The van der Waals surface area contributed by atoms with Crippen LogP contribution in [-0.2, 0) is 10.2 Å². The molecule has 2 aromatic rings. The first-order chi connectivity index (χ1) is 10.9. The summed E-state index contributed by atoms with van der Waals surface area (Å²) in [5.74, 6) is 0.799. The van der Waals surface area contributed by atoms with E-state index in [1.807, 2.05) is 12.1 Å². The number of ketones is 1. The fourth-order valence-electron chi connectivity index (χ4n) is 3.98. The van der Waals surface area contributed by atoms with E-state index in [2.05, 4.69) is 69.3 Å². The number of hydrogen-bond donors (Lipinski definition) is 0. The van der Waals surface area contributed by atoms with Crippen LogP contribution < -0.4 is 0 Å². The van der Waals surface area contributed by atoms with Gasteiger partial charge in [0.25, 0.3) is 0 Å². The van der Waals surface area contributed by atoms with Crippen LogP contribution in [0.1, 0.15) is 51.2 Å². The minimum absolute atomic E-state index is 0.144. The van der Waals surface area contributed by atoms with E-state index >= 15 is 0 Å². The van der Waals surface area contributed by atoms with Gasteiger partial charge in [-0.05, 0) is 28.9 Å². The van der Waals surface area contributed by atoms with E-state index in [4.69, 9.17) is 0 Å². The van der Waals surface area contributed by atoms with Gasteiger partial charge in [0.1, 0.15) is 5.78 Å². The average Bonchev–Trinajstić information content (AvgIpc) is 2.55. The molecule has 0 radical (unpaired) electrons. The highest BCUT2D eigenvalue weighted by Gasteiger charge is 2.45. The molecule has 0 N–H and O–H groups in total. The first-order valence-corrected chi connectivity index (χ1v) is 8.54. The lowest BCUT2D eigenvalue weighted by molar-refractivity contribution is -0.124. The number of Topliss-reactive ketones (excluding diaryl/α,β-unsaturated/α-hetero) is 1. The summed E-state index contributed by atoms with van der Waals surface area (Å²) in [5, 5.41) is 0. The van der Waals surface area contributed by atoms with Crippen molar-refractivity contribution in [2.75, 3.05) is 0 Å². The van der Waals surface area contributed by atoms with Crippen molar-refractivity contribution in [1.82, 2.24) is 0 Å². The van der Waals surface area contributed by atoms with Gasteiger partial charge in [0, 0.05) is 18.3 Å². The molecule has 0 spiro atoms. The molecule has 3 rings (SSSR count). The molecular weight excluding hydrogens is 280 g/mol. The molecule has 0 aromatic heterocycles. The lowest BCUT2D eigenvalue weighted by Gasteiger charge is -2.45.